The molecule has 1 aliphatic heterocycles. The average molecular weight is 490 g/mol. The predicted octanol–water partition coefficient (Wildman–Crippen LogP) is 5.35. The smallest absolute Gasteiger partial charge is 0.255 e. The lowest BCUT2D eigenvalue weighted by Gasteiger charge is -2.35. The number of nitrogens with one attached hydrogen (secondary N) is 1. The Bertz CT molecular complexity index is 1190. The fourth-order valence-corrected chi connectivity index (χ4v) is 4.13. The van der Waals surface area contributed by atoms with Crippen molar-refractivity contribution in [2.75, 3.05) is 43.0 Å². The molecule has 0 radical (unpaired) electrons. The van der Waals surface area contributed by atoms with Gasteiger partial charge in [0, 0.05) is 49.2 Å². The van der Waals surface area contributed by atoms with Gasteiger partial charge in [0.15, 0.2) is 0 Å². The molecule has 0 spiro atoms. The lowest BCUT2D eigenvalue weighted by atomic mass is 10.2. The molecule has 0 atom stereocenters. The minimum absolute atomic E-state index is 0.0287. The average Bonchev–Trinajstić information content (AvgIpc) is 2.89. The summed E-state index contributed by atoms with van der Waals surface area (Å²) in [4.78, 5) is 29.2. The minimum atomic E-state index is -0.238. The second-order valence-corrected chi connectivity index (χ2v) is 8.54. The molecule has 3 aromatic rings. The number of piperazine rings is 1. The van der Waals surface area contributed by atoms with E-state index in [4.69, 9.17) is 16.3 Å². The number of hydrogen-bond donors (Lipinski definition) is 1. The molecule has 1 aliphatic rings. The molecule has 4 rings (SSSR count). The van der Waals surface area contributed by atoms with Crippen molar-refractivity contribution in [3.05, 3.63) is 95.0 Å². The summed E-state index contributed by atoms with van der Waals surface area (Å²) in [6, 6.07) is 22.5. The summed E-state index contributed by atoms with van der Waals surface area (Å²) >= 11 is 6.20. The molecule has 1 fully saturated rings. The first-order valence-corrected chi connectivity index (χ1v) is 12.0. The van der Waals surface area contributed by atoms with Crippen molar-refractivity contribution in [1.29, 1.82) is 0 Å². The zero-order valence-corrected chi connectivity index (χ0v) is 20.4. The molecule has 7 heteroatoms. The van der Waals surface area contributed by atoms with Crippen LogP contribution in [0.1, 0.15) is 22.8 Å². The number of hydrogen-bond acceptors (Lipinski definition) is 4. The van der Waals surface area contributed by atoms with Crippen LogP contribution in [-0.4, -0.2) is 49.5 Å². The van der Waals surface area contributed by atoms with Crippen molar-refractivity contribution in [3.63, 3.8) is 0 Å². The highest BCUT2D eigenvalue weighted by Crippen LogP contribution is 2.26. The highest BCUT2D eigenvalue weighted by Gasteiger charge is 2.20. The Hall–Kier alpha value is -3.77. The summed E-state index contributed by atoms with van der Waals surface area (Å²) < 4.78 is 5.42. The van der Waals surface area contributed by atoms with Gasteiger partial charge in [-0.15, -0.1) is 0 Å². The van der Waals surface area contributed by atoms with Crippen LogP contribution in [0, 0.1) is 0 Å². The van der Waals surface area contributed by atoms with Crippen LogP contribution in [0.25, 0.3) is 6.08 Å². The Kier molecular flexibility index (Phi) is 8.06. The van der Waals surface area contributed by atoms with Crippen LogP contribution in [0.2, 0.25) is 5.02 Å². The van der Waals surface area contributed by atoms with Crippen molar-refractivity contribution in [3.8, 4) is 5.75 Å². The van der Waals surface area contributed by atoms with Gasteiger partial charge in [0.1, 0.15) is 5.75 Å². The number of nitrogens with zero attached hydrogens (tertiary/aromatic N) is 2. The number of ether oxygens (including phenoxy) is 1. The van der Waals surface area contributed by atoms with Crippen LogP contribution < -0.4 is 15.0 Å². The van der Waals surface area contributed by atoms with E-state index in [1.54, 1.807) is 24.3 Å². The molecule has 35 heavy (non-hydrogen) atoms. The van der Waals surface area contributed by atoms with E-state index in [9.17, 15) is 9.59 Å². The van der Waals surface area contributed by atoms with Gasteiger partial charge >= 0.3 is 0 Å². The first-order valence-electron chi connectivity index (χ1n) is 11.6. The lowest BCUT2D eigenvalue weighted by Crippen LogP contribution is -2.48. The van der Waals surface area contributed by atoms with Crippen molar-refractivity contribution in [2.45, 2.75) is 6.92 Å². The van der Waals surface area contributed by atoms with Crippen molar-refractivity contribution in [2.24, 2.45) is 0 Å². The van der Waals surface area contributed by atoms with Crippen LogP contribution in [0.5, 0.6) is 5.75 Å². The third-order valence-corrected chi connectivity index (χ3v) is 6.09. The Morgan fingerprint density at radius 3 is 2.34 bits per heavy atom. The van der Waals surface area contributed by atoms with E-state index in [0.29, 0.717) is 41.7 Å². The molecule has 6 nitrogen and oxygen atoms in total. The molecule has 0 bridgehead atoms. The standard InChI is InChI=1S/C28H28ClN3O3/c1-2-35-26-14-9-22(20-25(26)29)28(34)30-23-10-12-24(13-11-23)31-16-18-32(19-17-31)27(33)15-8-21-6-4-3-5-7-21/h3-15,20H,2,16-19H2,1H3,(H,30,34)/b15-8+. The van der Waals surface area contributed by atoms with E-state index in [1.807, 2.05) is 72.5 Å². The maximum atomic E-state index is 12.6. The summed E-state index contributed by atoms with van der Waals surface area (Å²) in [5.74, 6) is 0.350. The largest absolute Gasteiger partial charge is 0.492 e. The van der Waals surface area contributed by atoms with E-state index < -0.39 is 0 Å². The van der Waals surface area contributed by atoms with Crippen LogP contribution in [0.4, 0.5) is 11.4 Å². The molecule has 0 saturated carbocycles. The summed E-state index contributed by atoms with van der Waals surface area (Å²) in [6.45, 7) is 5.21. The third kappa shape index (κ3) is 6.43. The van der Waals surface area contributed by atoms with Gasteiger partial charge in [0.05, 0.1) is 11.6 Å². The number of benzene rings is 3. The fraction of sp³-hybridized carbons (Fsp3) is 0.214. The van der Waals surface area contributed by atoms with Gasteiger partial charge in [-0.3, -0.25) is 9.59 Å². The quantitative estimate of drug-likeness (QED) is 0.454. The SMILES string of the molecule is CCOc1ccc(C(=O)Nc2ccc(N3CCN(C(=O)/C=C/c4ccccc4)CC3)cc2)cc1Cl. The normalized spacial score (nSPS) is 13.7. The molecule has 1 saturated heterocycles. The second-order valence-electron chi connectivity index (χ2n) is 8.14. The topological polar surface area (TPSA) is 61.9 Å². The van der Waals surface area contributed by atoms with Gasteiger partial charge in [-0.05, 0) is 61.0 Å². The first kappa shape index (κ1) is 24.4. The maximum absolute atomic E-state index is 12.6. The van der Waals surface area contributed by atoms with Crippen molar-refractivity contribution in [1.82, 2.24) is 4.90 Å². The fourth-order valence-electron chi connectivity index (χ4n) is 3.90. The molecule has 0 unspecified atom stereocenters. The van der Waals surface area contributed by atoms with Crippen LogP contribution >= 0.6 is 11.6 Å². The highest BCUT2D eigenvalue weighted by atomic mass is 35.5. The molecular formula is C28H28ClN3O3. The Labute approximate surface area is 210 Å². The van der Waals surface area contributed by atoms with E-state index in [-0.39, 0.29) is 11.8 Å². The Morgan fingerprint density at radius 2 is 1.69 bits per heavy atom. The number of carbonyl (C=O) groups excluding carboxylic acids is 2. The maximum Gasteiger partial charge on any atom is 0.255 e. The van der Waals surface area contributed by atoms with E-state index in [2.05, 4.69) is 10.2 Å². The van der Waals surface area contributed by atoms with Crippen molar-refractivity contribution >= 4 is 40.9 Å². The molecule has 0 aliphatic carbocycles. The molecule has 1 heterocycles. The lowest BCUT2D eigenvalue weighted by molar-refractivity contribution is -0.126. The monoisotopic (exact) mass is 489 g/mol. The molecule has 0 aromatic heterocycles. The van der Waals surface area contributed by atoms with Gasteiger partial charge in [0.25, 0.3) is 5.91 Å². The zero-order valence-electron chi connectivity index (χ0n) is 19.6. The van der Waals surface area contributed by atoms with E-state index >= 15 is 0 Å². The number of amides is 2. The Morgan fingerprint density at radius 1 is 0.971 bits per heavy atom. The van der Waals surface area contributed by atoms with Crippen LogP contribution in [0.15, 0.2) is 78.9 Å². The minimum Gasteiger partial charge on any atom is -0.492 e. The van der Waals surface area contributed by atoms with E-state index in [1.165, 1.54) is 0 Å². The summed E-state index contributed by atoms with van der Waals surface area (Å²) in [5, 5.41) is 3.30. The predicted molar refractivity (Wildman–Crippen MR) is 141 cm³/mol. The summed E-state index contributed by atoms with van der Waals surface area (Å²) in [5.41, 5.74) is 3.23. The van der Waals surface area contributed by atoms with Gasteiger partial charge in [-0.25, -0.2) is 0 Å². The molecular weight excluding hydrogens is 462 g/mol. The number of anilines is 2. The second kappa shape index (κ2) is 11.6. The first-order chi connectivity index (χ1) is 17.0. The highest BCUT2D eigenvalue weighted by molar-refractivity contribution is 6.32. The third-order valence-electron chi connectivity index (χ3n) is 5.79. The van der Waals surface area contributed by atoms with E-state index in [0.717, 1.165) is 24.3 Å². The summed E-state index contributed by atoms with van der Waals surface area (Å²) in [7, 11) is 0. The number of carbonyl (C=O) groups is 2. The zero-order chi connectivity index (χ0) is 24.6. The number of rotatable bonds is 7. The molecule has 2 amide bonds. The van der Waals surface area contributed by atoms with Gasteiger partial charge in [-0.2, -0.15) is 0 Å². The van der Waals surface area contributed by atoms with Gasteiger partial charge in [0.2, 0.25) is 5.91 Å². The molecule has 3 aromatic carbocycles. The number of halogens is 1. The van der Waals surface area contributed by atoms with Gasteiger partial charge in [-0.1, -0.05) is 41.9 Å². The van der Waals surface area contributed by atoms with Crippen LogP contribution in [0.3, 0.4) is 0 Å². The van der Waals surface area contributed by atoms with Crippen molar-refractivity contribution < 1.29 is 14.3 Å². The molecule has 180 valence electrons. The molecule has 1 N–H and O–H groups in total. The Balaban J connectivity index is 1.29. The van der Waals surface area contributed by atoms with Crippen LogP contribution in [-0.2, 0) is 4.79 Å². The summed E-state index contributed by atoms with van der Waals surface area (Å²) in [6.07, 6.45) is 3.49. The van der Waals surface area contributed by atoms with Gasteiger partial charge < -0.3 is 19.9 Å².